The number of anilines is 1. The smallest absolute Gasteiger partial charge is 0.243 e. The van der Waals surface area contributed by atoms with Crippen molar-refractivity contribution in [2.75, 3.05) is 22.9 Å². The number of amides is 1. The highest BCUT2D eigenvalue weighted by Crippen LogP contribution is 2.22. The summed E-state index contributed by atoms with van der Waals surface area (Å²) in [6, 6.07) is 15.4. The molecular formula is C19H23ClN2O3S2. The number of para-hydroxylation sites is 1. The van der Waals surface area contributed by atoms with E-state index in [-0.39, 0.29) is 5.91 Å². The van der Waals surface area contributed by atoms with E-state index in [9.17, 15) is 13.2 Å². The molecule has 0 aliphatic carbocycles. The zero-order chi connectivity index (χ0) is 19.9. The van der Waals surface area contributed by atoms with Crippen LogP contribution in [0, 0.1) is 0 Å². The lowest BCUT2D eigenvalue weighted by Crippen LogP contribution is -2.49. The molecule has 1 unspecified atom stereocenters. The first-order valence-corrected chi connectivity index (χ1v) is 11.7. The van der Waals surface area contributed by atoms with Gasteiger partial charge < -0.3 is 5.32 Å². The molecule has 2 aromatic carbocycles. The first kappa shape index (κ1) is 21.6. The molecule has 0 saturated heterocycles. The number of hydrogen-bond acceptors (Lipinski definition) is 4. The Morgan fingerprint density at radius 2 is 1.78 bits per heavy atom. The number of rotatable bonds is 9. The largest absolute Gasteiger partial charge is 0.353 e. The van der Waals surface area contributed by atoms with Crippen LogP contribution in [-0.2, 0) is 14.8 Å². The van der Waals surface area contributed by atoms with Crippen LogP contribution in [0.2, 0.25) is 5.02 Å². The monoisotopic (exact) mass is 426 g/mol. The Morgan fingerprint density at radius 1 is 1.15 bits per heavy atom. The maximum Gasteiger partial charge on any atom is 0.243 e. The van der Waals surface area contributed by atoms with E-state index in [2.05, 4.69) is 5.32 Å². The summed E-state index contributed by atoms with van der Waals surface area (Å²) >= 11 is 7.46. The third kappa shape index (κ3) is 6.45. The molecule has 5 nitrogen and oxygen atoms in total. The highest BCUT2D eigenvalue weighted by molar-refractivity contribution is 7.99. The number of carbonyl (C=O) groups excluding carboxylic acids is 1. The van der Waals surface area contributed by atoms with E-state index in [1.807, 2.05) is 24.3 Å². The molecule has 0 spiro atoms. The number of hydrogen-bond donors (Lipinski definition) is 1. The Morgan fingerprint density at radius 3 is 2.33 bits per heavy atom. The molecule has 2 aromatic rings. The van der Waals surface area contributed by atoms with Crippen molar-refractivity contribution in [1.82, 2.24) is 5.32 Å². The first-order valence-electron chi connectivity index (χ1n) is 8.53. The van der Waals surface area contributed by atoms with E-state index in [0.717, 1.165) is 11.2 Å². The SMILES string of the molecule is CCC(C(=O)NCCSc1ccc(Cl)cc1)N(c1ccccc1)S(C)(=O)=O. The Kier molecular flexibility index (Phi) is 8.01. The number of sulfonamides is 1. The van der Waals surface area contributed by atoms with Crippen molar-refractivity contribution in [2.45, 2.75) is 24.3 Å². The summed E-state index contributed by atoms with van der Waals surface area (Å²) in [4.78, 5) is 13.7. The molecule has 0 aromatic heterocycles. The topological polar surface area (TPSA) is 66.5 Å². The zero-order valence-corrected chi connectivity index (χ0v) is 17.7. The molecule has 0 radical (unpaired) electrons. The lowest BCUT2D eigenvalue weighted by Gasteiger charge is -2.30. The van der Waals surface area contributed by atoms with Gasteiger partial charge in [0.1, 0.15) is 6.04 Å². The van der Waals surface area contributed by atoms with Crippen LogP contribution >= 0.6 is 23.4 Å². The van der Waals surface area contributed by atoms with E-state index in [1.165, 1.54) is 4.31 Å². The van der Waals surface area contributed by atoms with Crippen LogP contribution < -0.4 is 9.62 Å². The van der Waals surface area contributed by atoms with Crippen LogP contribution in [0.1, 0.15) is 13.3 Å². The molecule has 2 rings (SSSR count). The first-order chi connectivity index (χ1) is 12.8. The third-order valence-electron chi connectivity index (χ3n) is 3.82. The quantitative estimate of drug-likeness (QED) is 0.489. The highest BCUT2D eigenvalue weighted by atomic mass is 35.5. The Labute approximate surface area is 170 Å². The fourth-order valence-corrected chi connectivity index (χ4v) is 4.73. The van der Waals surface area contributed by atoms with Crippen LogP contribution in [-0.4, -0.2) is 38.9 Å². The minimum atomic E-state index is -3.60. The van der Waals surface area contributed by atoms with Gasteiger partial charge in [-0.3, -0.25) is 9.10 Å². The van der Waals surface area contributed by atoms with Gasteiger partial charge in [-0.25, -0.2) is 8.42 Å². The number of nitrogens with zero attached hydrogens (tertiary/aromatic N) is 1. The van der Waals surface area contributed by atoms with Gasteiger partial charge in [-0.1, -0.05) is 36.7 Å². The average molecular weight is 427 g/mol. The Bertz CT molecular complexity index is 843. The second-order valence-electron chi connectivity index (χ2n) is 5.91. The van der Waals surface area contributed by atoms with Gasteiger partial charge in [-0.05, 0) is 42.8 Å². The summed E-state index contributed by atoms with van der Waals surface area (Å²) in [5.41, 5.74) is 0.484. The van der Waals surface area contributed by atoms with Gasteiger partial charge in [0.25, 0.3) is 0 Å². The van der Waals surface area contributed by atoms with Gasteiger partial charge in [0.15, 0.2) is 0 Å². The molecule has 8 heteroatoms. The summed E-state index contributed by atoms with van der Waals surface area (Å²) in [5, 5.41) is 3.53. The van der Waals surface area contributed by atoms with Crippen LogP contribution in [0.4, 0.5) is 5.69 Å². The standard InChI is InChI=1S/C19H23ClN2O3S2/c1-3-18(22(27(2,24)25)16-7-5-4-6-8-16)19(23)21-13-14-26-17-11-9-15(20)10-12-17/h4-12,18H,3,13-14H2,1-2H3,(H,21,23). The maximum atomic E-state index is 12.6. The minimum Gasteiger partial charge on any atom is -0.353 e. The second kappa shape index (κ2) is 10.0. The molecule has 146 valence electrons. The third-order valence-corrected chi connectivity index (χ3v) is 6.27. The fourth-order valence-electron chi connectivity index (χ4n) is 2.63. The van der Waals surface area contributed by atoms with Gasteiger partial charge in [-0.15, -0.1) is 11.8 Å². The van der Waals surface area contributed by atoms with Gasteiger partial charge in [-0.2, -0.15) is 0 Å². The van der Waals surface area contributed by atoms with E-state index in [1.54, 1.807) is 49.0 Å². The number of thioether (sulfide) groups is 1. The van der Waals surface area contributed by atoms with Crippen molar-refractivity contribution in [3.8, 4) is 0 Å². The van der Waals surface area contributed by atoms with Crippen molar-refractivity contribution in [3.05, 3.63) is 59.6 Å². The van der Waals surface area contributed by atoms with Crippen molar-refractivity contribution in [2.24, 2.45) is 0 Å². The minimum absolute atomic E-state index is 0.302. The molecule has 0 bridgehead atoms. The molecule has 1 N–H and O–H groups in total. The zero-order valence-electron chi connectivity index (χ0n) is 15.3. The van der Waals surface area contributed by atoms with Crippen LogP contribution in [0.5, 0.6) is 0 Å². The molecule has 0 aliphatic rings. The molecule has 1 atom stereocenters. The predicted molar refractivity (Wildman–Crippen MR) is 113 cm³/mol. The van der Waals surface area contributed by atoms with Crippen LogP contribution in [0.3, 0.4) is 0 Å². The Hall–Kier alpha value is -1.70. The number of benzene rings is 2. The predicted octanol–water partition coefficient (Wildman–Crippen LogP) is 3.79. The Balaban J connectivity index is 1.99. The summed E-state index contributed by atoms with van der Waals surface area (Å²) < 4.78 is 25.8. The average Bonchev–Trinajstić information content (AvgIpc) is 2.64. The van der Waals surface area contributed by atoms with Crippen molar-refractivity contribution >= 4 is 45.0 Å². The van der Waals surface area contributed by atoms with Gasteiger partial charge in [0.2, 0.25) is 15.9 Å². The maximum absolute atomic E-state index is 12.6. The molecular weight excluding hydrogens is 404 g/mol. The van der Waals surface area contributed by atoms with Crippen molar-refractivity contribution in [3.63, 3.8) is 0 Å². The van der Waals surface area contributed by atoms with E-state index in [4.69, 9.17) is 11.6 Å². The van der Waals surface area contributed by atoms with Gasteiger partial charge >= 0.3 is 0 Å². The van der Waals surface area contributed by atoms with Crippen molar-refractivity contribution < 1.29 is 13.2 Å². The van der Waals surface area contributed by atoms with Gasteiger partial charge in [0.05, 0.1) is 11.9 Å². The molecule has 0 saturated carbocycles. The van der Waals surface area contributed by atoms with E-state index < -0.39 is 16.1 Å². The molecule has 27 heavy (non-hydrogen) atoms. The van der Waals surface area contributed by atoms with Crippen molar-refractivity contribution in [1.29, 1.82) is 0 Å². The molecule has 0 fully saturated rings. The van der Waals surface area contributed by atoms with Crippen LogP contribution in [0.25, 0.3) is 0 Å². The summed E-state index contributed by atoms with van der Waals surface area (Å²) in [6.45, 7) is 2.24. The molecule has 0 aliphatic heterocycles. The lowest BCUT2D eigenvalue weighted by molar-refractivity contribution is -0.122. The molecule has 1 amide bonds. The summed E-state index contributed by atoms with van der Waals surface area (Å²) in [6.07, 6.45) is 1.49. The normalized spacial score (nSPS) is 12.4. The number of carbonyl (C=O) groups is 1. The summed E-state index contributed by atoms with van der Waals surface area (Å²) in [5.74, 6) is 0.372. The highest BCUT2D eigenvalue weighted by Gasteiger charge is 2.31. The fraction of sp³-hybridized carbons (Fsp3) is 0.316. The lowest BCUT2D eigenvalue weighted by atomic mass is 10.2. The molecule has 0 heterocycles. The summed E-state index contributed by atoms with van der Waals surface area (Å²) in [7, 11) is -3.60. The number of nitrogens with one attached hydrogen (secondary N) is 1. The van der Waals surface area contributed by atoms with E-state index in [0.29, 0.717) is 29.4 Å². The number of halogens is 1. The van der Waals surface area contributed by atoms with E-state index >= 15 is 0 Å². The van der Waals surface area contributed by atoms with Crippen LogP contribution in [0.15, 0.2) is 59.5 Å². The van der Waals surface area contributed by atoms with Gasteiger partial charge in [0, 0.05) is 22.2 Å². The second-order valence-corrected chi connectivity index (χ2v) is 9.38.